The Hall–Kier alpha value is -2.42. The van der Waals surface area contributed by atoms with E-state index in [1.54, 1.807) is 12.1 Å². The van der Waals surface area contributed by atoms with Gasteiger partial charge in [-0.1, -0.05) is 17.7 Å². The van der Waals surface area contributed by atoms with Crippen LogP contribution >= 0.6 is 0 Å². The standard InChI is InChI=1S/C21H28N2O5S/c1-15(2)28-13-5-12-22-29(25,26)18-10-11-20(27-4)19(14-18)23-21(24)17-8-6-16(3)7-9-17/h6-11,14-15,22H,5,12-13H2,1-4H3,(H,23,24). The third-order valence-electron chi connectivity index (χ3n) is 4.11. The van der Waals surface area contributed by atoms with Gasteiger partial charge in [0.15, 0.2) is 0 Å². The average Bonchev–Trinajstić information content (AvgIpc) is 2.67. The SMILES string of the molecule is COc1ccc(S(=O)(=O)NCCCOC(C)C)cc1NC(=O)c1ccc(C)cc1. The number of methoxy groups -OCH3 is 1. The zero-order valence-corrected chi connectivity index (χ0v) is 18.0. The van der Waals surface area contributed by atoms with Gasteiger partial charge in [0.2, 0.25) is 10.0 Å². The number of sulfonamides is 1. The first kappa shape index (κ1) is 22.9. The average molecular weight is 421 g/mol. The van der Waals surface area contributed by atoms with Gasteiger partial charge in [-0.25, -0.2) is 13.1 Å². The summed E-state index contributed by atoms with van der Waals surface area (Å²) in [6, 6.07) is 11.4. The van der Waals surface area contributed by atoms with Crippen LogP contribution in [0.5, 0.6) is 5.75 Å². The Kier molecular flexibility index (Phi) is 8.19. The number of aryl methyl sites for hydroxylation is 1. The van der Waals surface area contributed by atoms with E-state index in [1.165, 1.54) is 25.3 Å². The topological polar surface area (TPSA) is 93.7 Å². The first-order valence-electron chi connectivity index (χ1n) is 9.40. The number of hydrogen-bond donors (Lipinski definition) is 2. The minimum atomic E-state index is -3.73. The fraction of sp³-hybridized carbons (Fsp3) is 0.381. The van der Waals surface area contributed by atoms with Crippen LogP contribution in [0.15, 0.2) is 47.4 Å². The molecule has 2 aromatic rings. The van der Waals surface area contributed by atoms with Crippen molar-refractivity contribution in [2.24, 2.45) is 0 Å². The molecule has 0 bridgehead atoms. The molecule has 29 heavy (non-hydrogen) atoms. The summed E-state index contributed by atoms with van der Waals surface area (Å²) in [5, 5.41) is 2.72. The summed E-state index contributed by atoms with van der Waals surface area (Å²) in [6.07, 6.45) is 0.665. The Labute approximate surface area is 172 Å². The van der Waals surface area contributed by atoms with Crippen molar-refractivity contribution < 1.29 is 22.7 Å². The number of carbonyl (C=O) groups excluding carboxylic acids is 1. The van der Waals surface area contributed by atoms with Crippen molar-refractivity contribution in [3.63, 3.8) is 0 Å². The van der Waals surface area contributed by atoms with Crippen LogP contribution in [0.2, 0.25) is 0 Å². The molecule has 1 amide bonds. The smallest absolute Gasteiger partial charge is 0.255 e. The number of ether oxygens (including phenoxy) is 2. The fourth-order valence-corrected chi connectivity index (χ4v) is 3.63. The van der Waals surface area contributed by atoms with E-state index in [4.69, 9.17) is 9.47 Å². The normalized spacial score (nSPS) is 11.5. The first-order valence-corrected chi connectivity index (χ1v) is 10.9. The van der Waals surface area contributed by atoms with Crippen LogP contribution in [0.4, 0.5) is 5.69 Å². The third-order valence-corrected chi connectivity index (χ3v) is 5.57. The van der Waals surface area contributed by atoms with E-state index in [0.717, 1.165) is 5.56 Å². The van der Waals surface area contributed by atoms with Gasteiger partial charge in [-0.2, -0.15) is 0 Å². The van der Waals surface area contributed by atoms with Gasteiger partial charge < -0.3 is 14.8 Å². The maximum atomic E-state index is 12.6. The van der Waals surface area contributed by atoms with E-state index >= 15 is 0 Å². The molecule has 0 aromatic heterocycles. The Morgan fingerprint density at radius 3 is 2.41 bits per heavy atom. The second-order valence-corrected chi connectivity index (χ2v) is 8.62. The molecule has 0 aliphatic rings. The summed E-state index contributed by atoms with van der Waals surface area (Å²) in [5.74, 6) is 0.0198. The molecule has 2 aromatic carbocycles. The minimum absolute atomic E-state index is 0.0438. The lowest BCUT2D eigenvalue weighted by atomic mass is 10.1. The molecule has 0 saturated heterocycles. The maximum absolute atomic E-state index is 12.6. The van der Waals surface area contributed by atoms with Gasteiger partial charge in [0, 0.05) is 18.7 Å². The number of nitrogens with one attached hydrogen (secondary N) is 2. The molecule has 0 fully saturated rings. The maximum Gasteiger partial charge on any atom is 0.255 e. The van der Waals surface area contributed by atoms with E-state index in [9.17, 15) is 13.2 Å². The Morgan fingerprint density at radius 1 is 1.10 bits per heavy atom. The van der Waals surface area contributed by atoms with Gasteiger partial charge in [-0.3, -0.25) is 4.79 Å². The lowest BCUT2D eigenvalue weighted by molar-refractivity contribution is 0.0778. The summed E-state index contributed by atoms with van der Waals surface area (Å²) >= 11 is 0. The highest BCUT2D eigenvalue weighted by Crippen LogP contribution is 2.28. The van der Waals surface area contributed by atoms with Gasteiger partial charge in [0.25, 0.3) is 5.91 Å². The van der Waals surface area contributed by atoms with Crippen molar-refractivity contribution in [1.29, 1.82) is 0 Å². The Balaban J connectivity index is 2.12. The predicted octanol–water partition coefficient (Wildman–Crippen LogP) is 3.35. The number of rotatable bonds is 10. The number of benzene rings is 2. The van der Waals surface area contributed by atoms with E-state index in [-0.39, 0.29) is 29.1 Å². The molecule has 0 atom stereocenters. The monoisotopic (exact) mass is 420 g/mol. The van der Waals surface area contributed by atoms with Crippen LogP contribution in [0, 0.1) is 6.92 Å². The van der Waals surface area contributed by atoms with Crippen LogP contribution < -0.4 is 14.8 Å². The van der Waals surface area contributed by atoms with Gasteiger partial charge in [-0.15, -0.1) is 0 Å². The van der Waals surface area contributed by atoms with Gasteiger partial charge in [-0.05, 0) is 57.5 Å². The Bertz CT molecular complexity index is 925. The molecule has 0 heterocycles. The summed E-state index contributed by atoms with van der Waals surface area (Å²) in [5.41, 5.74) is 1.79. The van der Waals surface area contributed by atoms with E-state index in [1.807, 2.05) is 32.9 Å². The molecule has 2 rings (SSSR count). The molecule has 0 unspecified atom stereocenters. The van der Waals surface area contributed by atoms with Gasteiger partial charge >= 0.3 is 0 Å². The summed E-state index contributed by atoms with van der Waals surface area (Å²) in [4.78, 5) is 12.6. The van der Waals surface area contributed by atoms with Crippen LogP contribution in [0.3, 0.4) is 0 Å². The number of anilines is 1. The van der Waals surface area contributed by atoms with Crippen molar-refractivity contribution in [2.45, 2.75) is 38.2 Å². The van der Waals surface area contributed by atoms with Crippen molar-refractivity contribution in [3.05, 3.63) is 53.6 Å². The first-order chi connectivity index (χ1) is 13.7. The minimum Gasteiger partial charge on any atom is -0.495 e. The van der Waals surface area contributed by atoms with E-state index in [2.05, 4.69) is 10.0 Å². The molecule has 0 aliphatic carbocycles. The highest BCUT2D eigenvalue weighted by molar-refractivity contribution is 7.89. The van der Waals surface area contributed by atoms with Crippen LogP contribution in [0.1, 0.15) is 36.2 Å². The van der Waals surface area contributed by atoms with Crippen LogP contribution in [-0.4, -0.2) is 40.7 Å². The molecule has 158 valence electrons. The molecular weight excluding hydrogens is 392 g/mol. The van der Waals surface area contributed by atoms with Gasteiger partial charge in [0.05, 0.1) is 23.8 Å². The van der Waals surface area contributed by atoms with Crippen LogP contribution in [-0.2, 0) is 14.8 Å². The van der Waals surface area contributed by atoms with E-state index in [0.29, 0.717) is 24.3 Å². The summed E-state index contributed by atoms with van der Waals surface area (Å²) < 4.78 is 38.3. The quantitative estimate of drug-likeness (QED) is 0.575. The molecule has 0 radical (unpaired) electrons. The van der Waals surface area contributed by atoms with Crippen LogP contribution in [0.25, 0.3) is 0 Å². The molecule has 7 nitrogen and oxygen atoms in total. The number of carbonyl (C=O) groups is 1. The van der Waals surface area contributed by atoms with E-state index < -0.39 is 10.0 Å². The lowest BCUT2D eigenvalue weighted by Crippen LogP contribution is -2.26. The molecule has 8 heteroatoms. The highest BCUT2D eigenvalue weighted by Gasteiger charge is 2.18. The summed E-state index contributed by atoms with van der Waals surface area (Å²) in [6.45, 7) is 6.51. The molecule has 0 aliphatic heterocycles. The van der Waals surface area contributed by atoms with Crippen molar-refractivity contribution in [2.75, 3.05) is 25.6 Å². The lowest BCUT2D eigenvalue weighted by Gasteiger charge is -2.13. The largest absolute Gasteiger partial charge is 0.495 e. The fourth-order valence-electron chi connectivity index (χ4n) is 2.53. The van der Waals surface area contributed by atoms with Gasteiger partial charge in [0.1, 0.15) is 5.75 Å². The second kappa shape index (κ2) is 10.4. The van der Waals surface area contributed by atoms with Crippen molar-refractivity contribution in [1.82, 2.24) is 4.72 Å². The second-order valence-electron chi connectivity index (χ2n) is 6.85. The molecule has 0 spiro atoms. The number of hydrogen-bond acceptors (Lipinski definition) is 5. The summed E-state index contributed by atoms with van der Waals surface area (Å²) in [7, 11) is -2.27. The molecular formula is C21H28N2O5S. The number of amides is 1. The third kappa shape index (κ3) is 6.85. The van der Waals surface area contributed by atoms with Crippen molar-refractivity contribution in [3.8, 4) is 5.75 Å². The predicted molar refractivity (Wildman–Crippen MR) is 113 cm³/mol. The highest BCUT2D eigenvalue weighted by atomic mass is 32.2. The zero-order chi connectivity index (χ0) is 21.4. The Morgan fingerprint density at radius 2 is 1.79 bits per heavy atom. The molecule has 2 N–H and O–H groups in total. The zero-order valence-electron chi connectivity index (χ0n) is 17.2. The van der Waals surface area contributed by atoms with Crippen molar-refractivity contribution >= 4 is 21.6 Å². The molecule has 0 saturated carbocycles.